The molecule has 1 aliphatic rings. The molecular weight excluding hydrogens is 240 g/mol. The fourth-order valence-electron chi connectivity index (χ4n) is 2.92. The summed E-state index contributed by atoms with van der Waals surface area (Å²) in [5, 5.41) is 12.0. The second-order valence-corrected chi connectivity index (χ2v) is 4.95. The van der Waals surface area contributed by atoms with Gasteiger partial charge in [0.05, 0.1) is 5.54 Å². The SMILES string of the molecule is C=CC=Nc1cccn1C1(CC(N)=NO)CCCC1. The molecule has 5 heteroatoms. The van der Waals surface area contributed by atoms with E-state index in [-0.39, 0.29) is 11.4 Å². The van der Waals surface area contributed by atoms with Crippen molar-refractivity contribution in [1.29, 1.82) is 0 Å². The minimum atomic E-state index is -0.117. The van der Waals surface area contributed by atoms with Crippen LogP contribution in [-0.2, 0) is 5.54 Å². The molecule has 0 spiro atoms. The van der Waals surface area contributed by atoms with E-state index in [2.05, 4.69) is 21.3 Å². The van der Waals surface area contributed by atoms with Crippen LogP contribution in [0.2, 0.25) is 0 Å². The van der Waals surface area contributed by atoms with Gasteiger partial charge in [0.15, 0.2) is 0 Å². The summed E-state index contributed by atoms with van der Waals surface area (Å²) in [6, 6.07) is 3.94. The summed E-state index contributed by atoms with van der Waals surface area (Å²) >= 11 is 0. The maximum Gasteiger partial charge on any atom is 0.141 e. The molecule has 0 amide bonds. The molecule has 1 fully saturated rings. The predicted octanol–water partition coefficient (Wildman–Crippen LogP) is 2.78. The van der Waals surface area contributed by atoms with Crippen molar-refractivity contribution in [1.82, 2.24) is 4.57 Å². The van der Waals surface area contributed by atoms with E-state index in [4.69, 9.17) is 10.9 Å². The standard InChI is InChI=1S/C14H20N4O/c1-2-9-16-13-6-5-10-18(13)14(7-3-4-8-14)11-12(15)17-19/h2,5-6,9-10,19H,1,3-4,7-8,11H2,(H2,15,17). The van der Waals surface area contributed by atoms with E-state index < -0.39 is 0 Å². The lowest BCUT2D eigenvalue weighted by Crippen LogP contribution is -2.35. The highest BCUT2D eigenvalue weighted by atomic mass is 16.4. The highest BCUT2D eigenvalue weighted by molar-refractivity contribution is 5.80. The molecular formula is C14H20N4O. The van der Waals surface area contributed by atoms with Crippen LogP contribution in [0.4, 0.5) is 5.82 Å². The lowest BCUT2D eigenvalue weighted by molar-refractivity contribution is 0.289. The first-order chi connectivity index (χ1) is 9.22. The minimum Gasteiger partial charge on any atom is -0.409 e. The Morgan fingerprint density at radius 1 is 1.53 bits per heavy atom. The van der Waals surface area contributed by atoms with Gasteiger partial charge in [-0.2, -0.15) is 0 Å². The van der Waals surface area contributed by atoms with E-state index in [0.717, 1.165) is 31.5 Å². The fourth-order valence-corrected chi connectivity index (χ4v) is 2.92. The van der Waals surface area contributed by atoms with Gasteiger partial charge in [0.25, 0.3) is 0 Å². The van der Waals surface area contributed by atoms with Gasteiger partial charge < -0.3 is 15.5 Å². The quantitative estimate of drug-likeness (QED) is 0.369. The summed E-state index contributed by atoms with van der Waals surface area (Å²) in [5.74, 6) is 1.15. The summed E-state index contributed by atoms with van der Waals surface area (Å²) in [6.07, 6.45) is 10.3. The van der Waals surface area contributed by atoms with Gasteiger partial charge in [0.2, 0.25) is 0 Å². The smallest absolute Gasteiger partial charge is 0.141 e. The molecule has 5 nitrogen and oxygen atoms in total. The van der Waals surface area contributed by atoms with Crippen molar-refractivity contribution in [2.24, 2.45) is 15.9 Å². The van der Waals surface area contributed by atoms with Crippen molar-refractivity contribution in [2.75, 3.05) is 0 Å². The van der Waals surface area contributed by atoms with Gasteiger partial charge in [0, 0.05) is 18.8 Å². The third kappa shape index (κ3) is 2.70. The number of nitrogens with zero attached hydrogens (tertiary/aromatic N) is 3. The number of aliphatic imine (C=N–C) groups is 1. The Morgan fingerprint density at radius 2 is 2.26 bits per heavy atom. The molecule has 0 saturated heterocycles. The Balaban J connectivity index is 2.36. The first-order valence-corrected chi connectivity index (χ1v) is 6.51. The number of allylic oxidation sites excluding steroid dienone is 1. The first-order valence-electron chi connectivity index (χ1n) is 6.51. The average molecular weight is 260 g/mol. The largest absolute Gasteiger partial charge is 0.409 e. The Labute approximate surface area is 113 Å². The Bertz CT molecular complexity index is 495. The van der Waals surface area contributed by atoms with E-state index in [1.807, 2.05) is 18.3 Å². The maximum absolute atomic E-state index is 8.83. The van der Waals surface area contributed by atoms with Gasteiger partial charge in [-0.25, -0.2) is 4.99 Å². The second kappa shape index (κ2) is 5.73. The zero-order valence-corrected chi connectivity index (χ0v) is 11.0. The van der Waals surface area contributed by atoms with Crippen LogP contribution < -0.4 is 5.73 Å². The Kier molecular flexibility index (Phi) is 4.04. The number of aromatic nitrogens is 1. The van der Waals surface area contributed by atoms with Crippen LogP contribution in [-0.4, -0.2) is 21.8 Å². The Morgan fingerprint density at radius 3 is 2.89 bits per heavy atom. The van der Waals surface area contributed by atoms with Crippen molar-refractivity contribution in [3.05, 3.63) is 31.0 Å². The summed E-state index contributed by atoms with van der Waals surface area (Å²) in [6.45, 7) is 3.64. The molecule has 1 heterocycles. The third-order valence-corrected chi connectivity index (χ3v) is 3.72. The van der Waals surface area contributed by atoms with Crippen LogP contribution in [0.5, 0.6) is 0 Å². The van der Waals surface area contributed by atoms with Crippen molar-refractivity contribution in [2.45, 2.75) is 37.6 Å². The first kappa shape index (κ1) is 13.4. The highest BCUT2D eigenvalue weighted by Gasteiger charge is 2.37. The van der Waals surface area contributed by atoms with E-state index in [1.54, 1.807) is 12.3 Å². The van der Waals surface area contributed by atoms with Gasteiger partial charge >= 0.3 is 0 Å². The molecule has 19 heavy (non-hydrogen) atoms. The zero-order valence-electron chi connectivity index (χ0n) is 11.0. The second-order valence-electron chi connectivity index (χ2n) is 4.95. The van der Waals surface area contributed by atoms with Crippen LogP contribution in [0, 0.1) is 0 Å². The van der Waals surface area contributed by atoms with Crippen molar-refractivity contribution < 1.29 is 5.21 Å². The number of nitrogens with two attached hydrogens (primary N) is 1. The molecule has 2 rings (SSSR count). The van der Waals surface area contributed by atoms with Crippen molar-refractivity contribution >= 4 is 17.9 Å². The predicted molar refractivity (Wildman–Crippen MR) is 77.2 cm³/mol. The van der Waals surface area contributed by atoms with E-state index >= 15 is 0 Å². The average Bonchev–Trinajstić information content (AvgIpc) is 3.05. The lowest BCUT2D eigenvalue weighted by atomic mass is 9.92. The van der Waals surface area contributed by atoms with Gasteiger partial charge in [-0.15, -0.1) is 0 Å². The third-order valence-electron chi connectivity index (χ3n) is 3.72. The van der Waals surface area contributed by atoms with Crippen molar-refractivity contribution in [3.63, 3.8) is 0 Å². The summed E-state index contributed by atoms with van der Waals surface area (Å²) < 4.78 is 2.15. The molecule has 0 atom stereocenters. The van der Waals surface area contributed by atoms with Crippen LogP contribution in [0.15, 0.2) is 41.1 Å². The van der Waals surface area contributed by atoms with Crippen LogP contribution in [0.25, 0.3) is 0 Å². The number of rotatable bonds is 5. The van der Waals surface area contributed by atoms with Gasteiger partial charge in [-0.3, -0.25) is 0 Å². The molecule has 0 aliphatic heterocycles. The van der Waals surface area contributed by atoms with E-state index in [9.17, 15) is 0 Å². The molecule has 1 aromatic heterocycles. The Hall–Kier alpha value is -2.04. The molecule has 0 aromatic carbocycles. The van der Waals surface area contributed by atoms with Crippen LogP contribution in [0.3, 0.4) is 0 Å². The van der Waals surface area contributed by atoms with Gasteiger partial charge in [-0.1, -0.05) is 30.7 Å². The number of hydrogen-bond donors (Lipinski definition) is 2. The minimum absolute atomic E-state index is 0.117. The van der Waals surface area contributed by atoms with Gasteiger partial charge in [-0.05, 0) is 25.0 Å². The number of hydrogen-bond acceptors (Lipinski definition) is 3. The summed E-state index contributed by atoms with van der Waals surface area (Å²) in [4.78, 5) is 4.38. The molecule has 1 saturated carbocycles. The molecule has 0 radical (unpaired) electrons. The highest BCUT2D eigenvalue weighted by Crippen LogP contribution is 2.42. The molecule has 0 bridgehead atoms. The van der Waals surface area contributed by atoms with Crippen molar-refractivity contribution in [3.8, 4) is 0 Å². The lowest BCUT2D eigenvalue weighted by Gasteiger charge is -2.31. The normalized spacial score (nSPS) is 19.1. The van der Waals surface area contributed by atoms with E-state index in [0.29, 0.717) is 6.42 Å². The maximum atomic E-state index is 8.83. The molecule has 1 aromatic rings. The fraction of sp³-hybridized carbons (Fsp3) is 0.429. The molecule has 3 N–H and O–H groups in total. The summed E-state index contributed by atoms with van der Waals surface area (Å²) in [5.41, 5.74) is 5.61. The molecule has 0 unspecified atom stereocenters. The zero-order chi connectivity index (χ0) is 13.7. The topological polar surface area (TPSA) is 75.9 Å². The number of oxime groups is 1. The van der Waals surface area contributed by atoms with Crippen LogP contribution >= 0.6 is 0 Å². The molecule has 102 valence electrons. The van der Waals surface area contributed by atoms with E-state index in [1.165, 1.54) is 0 Å². The summed E-state index contributed by atoms with van der Waals surface area (Å²) in [7, 11) is 0. The van der Waals surface area contributed by atoms with Gasteiger partial charge in [0.1, 0.15) is 11.7 Å². The number of amidine groups is 1. The monoisotopic (exact) mass is 260 g/mol. The molecule has 1 aliphatic carbocycles. The van der Waals surface area contributed by atoms with Crippen LogP contribution in [0.1, 0.15) is 32.1 Å².